The van der Waals surface area contributed by atoms with E-state index in [1.165, 1.54) is 4.31 Å². The third-order valence-corrected chi connectivity index (χ3v) is 7.37. The first-order chi connectivity index (χ1) is 10.4. The van der Waals surface area contributed by atoms with E-state index in [4.69, 9.17) is 4.74 Å². The van der Waals surface area contributed by atoms with Gasteiger partial charge < -0.3 is 9.84 Å². The molecule has 1 N–H and O–H groups in total. The van der Waals surface area contributed by atoms with Gasteiger partial charge in [0.1, 0.15) is 0 Å². The summed E-state index contributed by atoms with van der Waals surface area (Å²) in [6, 6.07) is 0. The minimum absolute atomic E-state index is 0.195. The van der Waals surface area contributed by atoms with Crippen LogP contribution in [-0.2, 0) is 19.7 Å². The fraction of sp³-hybridized carbons (Fsp3) is 0.929. The molecule has 0 aromatic heterocycles. The average molecular weight is 332 g/mol. The summed E-state index contributed by atoms with van der Waals surface area (Å²) in [6.07, 6.45) is 2.63. The Bertz CT molecular complexity index is 529. The summed E-state index contributed by atoms with van der Waals surface area (Å²) < 4.78 is 33.9. The van der Waals surface area contributed by atoms with Gasteiger partial charge in [0.15, 0.2) is 0 Å². The molecule has 3 atom stereocenters. The predicted molar refractivity (Wildman–Crippen MR) is 79.4 cm³/mol. The Hall–Kier alpha value is -0.700. The SMILES string of the molecule is CCC1CCN(S(=O)(=O)N2C[C@@H]3[C@H](C2)OC[C@@H]3C(=O)O)CC1. The number of carboxylic acids is 1. The number of nitrogens with zero attached hydrogens (tertiary/aromatic N) is 2. The third-order valence-electron chi connectivity index (χ3n) is 5.40. The number of fused-ring (bicyclic) bond motifs is 1. The first-order valence-electron chi connectivity index (χ1n) is 8.03. The van der Waals surface area contributed by atoms with Gasteiger partial charge in [-0.1, -0.05) is 13.3 Å². The van der Waals surface area contributed by atoms with Crippen LogP contribution in [0.1, 0.15) is 26.2 Å². The molecule has 3 saturated heterocycles. The van der Waals surface area contributed by atoms with Crippen molar-refractivity contribution in [1.82, 2.24) is 8.61 Å². The smallest absolute Gasteiger partial charge is 0.309 e. The second-order valence-electron chi connectivity index (χ2n) is 6.56. The third kappa shape index (κ3) is 2.77. The molecule has 22 heavy (non-hydrogen) atoms. The minimum atomic E-state index is -3.49. The van der Waals surface area contributed by atoms with Crippen molar-refractivity contribution in [1.29, 1.82) is 0 Å². The molecular formula is C14H24N2O5S. The molecule has 7 nitrogen and oxygen atoms in total. The Morgan fingerprint density at radius 1 is 1.23 bits per heavy atom. The zero-order valence-electron chi connectivity index (χ0n) is 12.8. The first kappa shape index (κ1) is 16.2. The van der Waals surface area contributed by atoms with Crippen molar-refractivity contribution in [3.05, 3.63) is 0 Å². The summed E-state index contributed by atoms with van der Waals surface area (Å²) in [4.78, 5) is 11.2. The molecule has 3 aliphatic rings. The number of hydrogen-bond acceptors (Lipinski definition) is 4. The maximum atomic E-state index is 12.7. The van der Waals surface area contributed by atoms with Gasteiger partial charge in [-0.15, -0.1) is 0 Å². The molecule has 3 aliphatic heterocycles. The fourth-order valence-corrected chi connectivity index (χ4v) is 5.53. The Kier molecular flexibility index (Phi) is 4.46. The number of carbonyl (C=O) groups is 1. The van der Waals surface area contributed by atoms with E-state index in [2.05, 4.69) is 6.92 Å². The number of carboxylic acid groups (broad SMARTS) is 1. The van der Waals surface area contributed by atoms with Crippen LogP contribution in [0.15, 0.2) is 0 Å². The van der Waals surface area contributed by atoms with Gasteiger partial charge in [0.05, 0.1) is 18.6 Å². The molecule has 0 bridgehead atoms. The Morgan fingerprint density at radius 2 is 1.91 bits per heavy atom. The highest BCUT2D eigenvalue weighted by Gasteiger charge is 2.50. The largest absolute Gasteiger partial charge is 0.481 e. The van der Waals surface area contributed by atoms with Gasteiger partial charge in [-0.05, 0) is 18.8 Å². The zero-order valence-corrected chi connectivity index (χ0v) is 13.7. The summed E-state index contributed by atoms with van der Waals surface area (Å²) >= 11 is 0. The summed E-state index contributed by atoms with van der Waals surface area (Å²) in [6.45, 7) is 4.01. The highest BCUT2D eigenvalue weighted by Crippen LogP contribution is 2.36. The van der Waals surface area contributed by atoms with E-state index >= 15 is 0 Å². The Labute approximate surface area is 131 Å². The van der Waals surface area contributed by atoms with Gasteiger partial charge in [-0.3, -0.25) is 4.79 Å². The molecule has 3 fully saturated rings. The van der Waals surface area contributed by atoms with Crippen LogP contribution in [-0.4, -0.2) is 67.0 Å². The van der Waals surface area contributed by atoms with Crippen molar-refractivity contribution in [2.75, 3.05) is 32.8 Å². The number of rotatable bonds is 4. The van der Waals surface area contributed by atoms with Crippen molar-refractivity contribution in [3.63, 3.8) is 0 Å². The average Bonchev–Trinajstić information content (AvgIpc) is 3.07. The summed E-state index contributed by atoms with van der Waals surface area (Å²) in [5.41, 5.74) is 0. The van der Waals surface area contributed by atoms with Crippen molar-refractivity contribution < 1.29 is 23.1 Å². The van der Waals surface area contributed by atoms with Gasteiger partial charge in [0.25, 0.3) is 10.2 Å². The number of piperidine rings is 1. The summed E-state index contributed by atoms with van der Waals surface area (Å²) in [5.74, 6) is -1.09. The lowest BCUT2D eigenvalue weighted by atomic mass is 9.94. The number of aliphatic carboxylic acids is 1. The van der Waals surface area contributed by atoms with E-state index < -0.39 is 22.1 Å². The molecule has 8 heteroatoms. The van der Waals surface area contributed by atoms with Crippen LogP contribution in [0.4, 0.5) is 0 Å². The van der Waals surface area contributed by atoms with Crippen LogP contribution < -0.4 is 0 Å². The Morgan fingerprint density at radius 3 is 2.50 bits per heavy atom. The van der Waals surface area contributed by atoms with E-state index in [1.54, 1.807) is 4.31 Å². The molecule has 0 aromatic carbocycles. The second-order valence-corrected chi connectivity index (χ2v) is 8.48. The maximum absolute atomic E-state index is 12.7. The molecule has 0 unspecified atom stereocenters. The molecule has 0 aliphatic carbocycles. The van der Waals surface area contributed by atoms with Gasteiger partial charge >= 0.3 is 5.97 Å². The Balaban J connectivity index is 1.66. The van der Waals surface area contributed by atoms with Crippen molar-refractivity contribution in [3.8, 4) is 0 Å². The quantitative estimate of drug-likeness (QED) is 0.804. The fourth-order valence-electron chi connectivity index (χ4n) is 3.83. The molecular weight excluding hydrogens is 308 g/mol. The van der Waals surface area contributed by atoms with Gasteiger partial charge in [0.2, 0.25) is 0 Å². The highest BCUT2D eigenvalue weighted by molar-refractivity contribution is 7.86. The molecule has 0 saturated carbocycles. The van der Waals surface area contributed by atoms with Gasteiger partial charge in [-0.25, -0.2) is 0 Å². The van der Waals surface area contributed by atoms with E-state index in [0.29, 0.717) is 19.0 Å². The van der Waals surface area contributed by atoms with Crippen molar-refractivity contribution >= 4 is 16.2 Å². The number of ether oxygens (including phenoxy) is 1. The lowest BCUT2D eigenvalue weighted by Gasteiger charge is -2.33. The predicted octanol–water partition coefficient (Wildman–Crippen LogP) is 0.385. The summed E-state index contributed by atoms with van der Waals surface area (Å²) in [7, 11) is -3.49. The van der Waals surface area contributed by atoms with Crippen LogP contribution in [0.2, 0.25) is 0 Å². The van der Waals surface area contributed by atoms with Crippen LogP contribution >= 0.6 is 0 Å². The van der Waals surface area contributed by atoms with Crippen molar-refractivity contribution in [2.45, 2.75) is 32.3 Å². The molecule has 3 rings (SSSR count). The van der Waals surface area contributed by atoms with Crippen LogP contribution in [0.5, 0.6) is 0 Å². The highest BCUT2D eigenvalue weighted by atomic mass is 32.2. The zero-order chi connectivity index (χ0) is 15.9. The van der Waals surface area contributed by atoms with E-state index in [-0.39, 0.29) is 31.7 Å². The van der Waals surface area contributed by atoms with E-state index in [1.807, 2.05) is 0 Å². The molecule has 0 radical (unpaired) electrons. The lowest BCUT2D eigenvalue weighted by molar-refractivity contribution is -0.142. The van der Waals surface area contributed by atoms with E-state index in [9.17, 15) is 18.3 Å². The van der Waals surface area contributed by atoms with E-state index in [0.717, 1.165) is 19.3 Å². The molecule has 0 spiro atoms. The monoisotopic (exact) mass is 332 g/mol. The minimum Gasteiger partial charge on any atom is -0.481 e. The lowest BCUT2D eigenvalue weighted by Crippen LogP contribution is -2.47. The summed E-state index contributed by atoms with van der Waals surface area (Å²) in [5, 5.41) is 9.20. The normalized spacial score (nSPS) is 34.9. The molecule has 0 aromatic rings. The van der Waals surface area contributed by atoms with Crippen LogP contribution in [0.3, 0.4) is 0 Å². The first-order valence-corrected chi connectivity index (χ1v) is 9.42. The second kappa shape index (κ2) is 6.07. The number of hydrogen-bond donors (Lipinski definition) is 1. The van der Waals surface area contributed by atoms with Crippen LogP contribution in [0.25, 0.3) is 0 Å². The van der Waals surface area contributed by atoms with Gasteiger partial charge in [0, 0.05) is 32.1 Å². The molecule has 3 heterocycles. The van der Waals surface area contributed by atoms with Crippen molar-refractivity contribution in [2.24, 2.45) is 17.8 Å². The van der Waals surface area contributed by atoms with Gasteiger partial charge in [-0.2, -0.15) is 17.0 Å². The standard InChI is InChI=1S/C14H24N2O5S/c1-2-10-3-5-15(6-4-10)22(19,20)16-7-11-12(14(17)18)9-21-13(11)8-16/h10-13H,2-9H2,1H3,(H,17,18)/t11-,12-,13-/m0/s1. The van der Waals surface area contributed by atoms with Crippen LogP contribution in [0, 0.1) is 17.8 Å². The maximum Gasteiger partial charge on any atom is 0.309 e. The molecule has 0 amide bonds. The topological polar surface area (TPSA) is 87.2 Å². The molecule has 126 valence electrons.